The Balaban J connectivity index is 1.54. The van der Waals surface area contributed by atoms with Crippen LogP contribution in [-0.4, -0.2) is 16.0 Å². The average molecular weight is 346 g/mol. The van der Waals surface area contributed by atoms with Crippen LogP contribution in [0.2, 0.25) is 5.02 Å². The van der Waals surface area contributed by atoms with Crippen LogP contribution in [0.15, 0.2) is 40.4 Å². The molecule has 1 amide bonds. The second kappa shape index (κ2) is 7.62. The molecule has 1 aliphatic carbocycles. The zero-order valence-electron chi connectivity index (χ0n) is 13.6. The van der Waals surface area contributed by atoms with E-state index in [9.17, 15) is 4.79 Å². The number of rotatable bonds is 4. The van der Waals surface area contributed by atoms with Gasteiger partial charge in [-0.15, -0.1) is 0 Å². The number of aromatic nitrogens is 2. The SMILES string of the molecule is CC1CCC(=CC(=O)NCc2nc(-c3ccc(Cl)cc3)no2)CC1. The number of nitrogens with one attached hydrogen (secondary N) is 1. The van der Waals surface area contributed by atoms with Gasteiger partial charge in [0.1, 0.15) is 0 Å². The Morgan fingerprint density at radius 1 is 1.33 bits per heavy atom. The van der Waals surface area contributed by atoms with Gasteiger partial charge in [0.2, 0.25) is 17.6 Å². The minimum Gasteiger partial charge on any atom is -0.343 e. The fourth-order valence-corrected chi connectivity index (χ4v) is 2.85. The zero-order valence-corrected chi connectivity index (χ0v) is 14.3. The molecule has 0 unspecified atom stereocenters. The molecule has 126 valence electrons. The monoisotopic (exact) mass is 345 g/mol. The lowest BCUT2D eigenvalue weighted by Crippen LogP contribution is -2.21. The highest BCUT2D eigenvalue weighted by atomic mass is 35.5. The molecule has 3 rings (SSSR count). The van der Waals surface area contributed by atoms with Gasteiger partial charge >= 0.3 is 0 Å². The first-order valence-electron chi connectivity index (χ1n) is 8.16. The van der Waals surface area contributed by atoms with Crippen molar-refractivity contribution in [3.63, 3.8) is 0 Å². The molecule has 1 aliphatic rings. The number of allylic oxidation sites excluding steroid dienone is 1. The molecule has 0 spiro atoms. The Kier molecular flexibility index (Phi) is 5.30. The number of hydrogen-bond donors (Lipinski definition) is 1. The van der Waals surface area contributed by atoms with Crippen LogP contribution in [0.25, 0.3) is 11.4 Å². The molecule has 5 nitrogen and oxygen atoms in total. The maximum atomic E-state index is 12.0. The molecule has 1 aromatic heterocycles. The first-order chi connectivity index (χ1) is 11.6. The number of halogens is 1. The number of nitrogens with zero attached hydrogens (tertiary/aromatic N) is 2. The maximum absolute atomic E-state index is 12.0. The third kappa shape index (κ3) is 4.45. The van der Waals surface area contributed by atoms with E-state index < -0.39 is 0 Å². The predicted molar refractivity (Wildman–Crippen MR) is 92.3 cm³/mol. The highest BCUT2D eigenvalue weighted by Gasteiger charge is 2.14. The highest BCUT2D eigenvalue weighted by molar-refractivity contribution is 6.30. The summed E-state index contributed by atoms with van der Waals surface area (Å²) in [5, 5.41) is 7.37. The summed E-state index contributed by atoms with van der Waals surface area (Å²) in [7, 11) is 0. The highest BCUT2D eigenvalue weighted by Crippen LogP contribution is 2.27. The van der Waals surface area contributed by atoms with E-state index in [1.54, 1.807) is 18.2 Å². The van der Waals surface area contributed by atoms with Crippen LogP contribution >= 0.6 is 11.6 Å². The van der Waals surface area contributed by atoms with E-state index in [2.05, 4.69) is 22.4 Å². The fraction of sp³-hybridized carbons (Fsp3) is 0.389. The third-order valence-electron chi connectivity index (χ3n) is 4.24. The molecule has 24 heavy (non-hydrogen) atoms. The van der Waals surface area contributed by atoms with Crippen molar-refractivity contribution >= 4 is 17.5 Å². The average Bonchev–Trinajstić information content (AvgIpc) is 3.05. The van der Waals surface area contributed by atoms with Crippen LogP contribution in [-0.2, 0) is 11.3 Å². The molecular weight excluding hydrogens is 326 g/mol. The molecule has 1 aromatic carbocycles. The Hall–Kier alpha value is -2.14. The van der Waals surface area contributed by atoms with Crippen molar-refractivity contribution in [3.05, 3.63) is 46.8 Å². The van der Waals surface area contributed by atoms with Crippen molar-refractivity contribution in [2.24, 2.45) is 5.92 Å². The lowest BCUT2D eigenvalue weighted by molar-refractivity contribution is -0.116. The third-order valence-corrected chi connectivity index (χ3v) is 4.49. The molecule has 0 bridgehead atoms. The molecule has 6 heteroatoms. The second-order valence-corrected chi connectivity index (χ2v) is 6.66. The van der Waals surface area contributed by atoms with Crippen molar-refractivity contribution in [1.29, 1.82) is 0 Å². The molecule has 0 radical (unpaired) electrons. The van der Waals surface area contributed by atoms with Crippen LogP contribution in [0.1, 0.15) is 38.5 Å². The van der Waals surface area contributed by atoms with E-state index in [-0.39, 0.29) is 12.5 Å². The van der Waals surface area contributed by atoms with E-state index in [1.807, 2.05) is 12.1 Å². The summed E-state index contributed by atoms with van der Waals surface area (Å²) >= 11 is 5.86. The molecule has 1 saturated carbocycles. The number of amides is 1. The summed E-state index contributed by atoms with van der Waals surface area (Å²) in [5.74, 6) is 1.51. The lowest BCUT2D eigenvalue weighted by Gasteiger charge is -2.19. The van der Waals surface area contributed by atoms with E-state index in [0.717, 1.165) is 37.2 Å². The van der Waals surface area contributed by atoms with Crippen LogP contribution in [0.3, 0.4) is 0 Å². The Bertz CT molecular complexity index is 727. The molecule has 1 N–H and O–H groups in total. The van der Waals surface area contributed by atoms with Crippen LogP contribution in [0.5, 0.6) is 0 Å². The lowest BCUT2D eigenvalue weighted by atomic mass is 9.87. The van der Waals surface area contributed by atoms with Crippen molar-refractivity contribution in [3.8, 4) is 11.4 Å². The summed E-state index contributed by atoms with van der Waals surface area (Å²) in [6.07, 6.45) is 6.05. The van der Waals surface area contributed by atoms with Gasteiger partial charge in [-0.05, 0) is 55.9 Å². The van der Waals surface area contributed by atoms with Gasteiger partial charge in [-0.3, -0.25) is 4.79 Å². The van der Waals surface area contributed by atoms with E-state index in [0.29, 0.717) is 16.7 Å². The molecule has 1 heterocycles. The Labute approximate surface area is 146 Å². The summed E-state index contributed by atoms with van der Waals surface area (Å²) in [4.78, 5) is 16.3. The van der Waals surface area contributed by atoms with Crippen molar-refractivity contribution in [2.45, 2.75) is 39.2 Å². The van der Waals surface area contributed by atoms with Gasteiger partial charge in [0, 0.05) is 16.7 Å². The number of carbonyl (C=O) groups excluding carboxylic acids is 1. The van der Waals surface area contributed by atoms with Crippen molar-refractivity contribution in [1.82, 2.24) is 15.5 Å². The zero-order chi connectivity index (χ0) is 16.9. The first kappa shape index (κ1) is 16.7. The van der Waals surface area contributed by atoms with E-state index >= 15 is 0 Å². The minimum atomic E-state index is -0.106. The quantitative estimate of drug-likeness (QED) is 0.845. The number of benzene rings is 1. The van der Waals surface area contributed by atoms with Gasteiger partial charge in [-0.1, -0.05) is 29.3 Å². The van der Waals surface area contributed by atoms with E-state index in [4.69, 9.17) is 16.1 Å². The molecule has 1 fully saturated rings. The topological polar surface area (TPSA) is 68.0 Å². The summed E-state index contributed by atoms with van der Waals surface area (Å²) in [5.41, 5.74) is 2.04. The van der Waals surface area contributed by atoms with Gasteiger partial charge in [-0.25, -0.2) is 0 Å². The Morgan fingerprint density at radius 2 is 2.04 bits per heavy atom. The molecule has 0 aliphatic heterocycles. The summed E-state index contributed by atoms with van der Waals surface area (Å²) in [6.45, 7) is 2.48. The van der Waals surface area contributed by atoms with Crippen molar-refractivity contribution in [2.75, 3.05) is 0 Å². The normalized spacial score (nSPS) is 17.6. The standard InChI is InChI=1S/C18H20ClN3O2/c1-12-2-4-13(5-3-12)10-16(23)20-11-17-21-18(22-24-17)14-6-8-15(19)9-7-14/h6-10,12H,2-5,11H2,1H3,(H,20,23). The minimum absolute atomic E-state index is 0.106. The van der Waals surface area contributed by atoms with Crippen LogP contribution < -0.4 is 5.32 Å². The van der Waals surface area contributed by atoms with Crippen molar-refractivity contribution < 1.29 is 9.32 Å². The van der Waals surface area contributed by atoms with Gasteiger partial charge in [0.05, 0.1) is 6.54 Å². The second-order valence-electron chi connectivity index (χ2n) is 6.22. The summed E-state index contributed by atoms with van der Waals surface area (Å²) in [6, 6.07) is 7.19. The van der Waals surface area contributed by atoms with Crippen LogP contribution in [0.4, 0.5) is 0 Å². The fourth-order valence-electron chi connectivity index (χ4n) is 2.72. The number of hydrogen-bond acceptors (Lipinski definition) is 4. The smallest absolute Gasteiger partial charge is 0.246 e. The van der Waals surface area contributed by atoms with Gasteiger partial charge < -0.3 is 9.84 Å². The first-order valence-corrected chi connectivity index (χ1v) is 8.54. The van der Waals surface area contributed by atoms with Gasteiger partial charge in [-0.2, -0.15) is 4.98 Å². The predicted octanol–water partition coefficient (Wildman–Crippen LogP) is 4.14. The largest absolute Gasteiger partial charge is 0.343 e. The molecule has 2 aromatic rings. The van der Waals surface area contributed by atoms with Gasteiger partial charge in [0.15, 0.2) is 0 Å². The van der Waals surface area contributed by atoms with Gasteiger partial charge in [0.25, 0.3) is 0 Å². The Morgan fingerprint density at radius 3 is 2.75 bits per heavy atom. The maximum Gasteiger partial charge on any atom is 0.246 e. The number of carbonyl (C=O) groups is 1. The van der Waals surface area contributed by atoms with Crippen LogP contribution in [0, 0.1) is 5.92 Å². The molecule has 0 saturated heterocycles. The molecule has 0 atom stereocenters. The molecular formula is C18H20ClN3O2. The summed E-state index contributed by atoms with van der Waals surface area (Å²) < 4.78 is 5.17. The van der Waals surface area contributed by atoms with E-state index in [1.165, 1.54) is 5.57 Å².